The van der Waals surface area contributed by atoms with Gasteiger partial charge in [0.05, 0.1) is 11.4 Å². The predicted octanol–water partition coefficient (Wildman–Crippen LogP) is 3.75. The Morgan fingerprint density at radius 1 is 1.30 bits per heavy atom. The zero-order valence-corrected chi connectivity index (χ0v) is 17.5. The molecule has 0 saturated heterocycles. The quantitative estimate of drug-likeness (QED) is 0.653. The summed E-state index contributed by atoms with van der Waals surface area (Å²) in [5.41, 5.74) is 3.40. The number of ether oxygens (including phenoxy) is 2. The number of hydrogen-bond acceptors (Lipinski definition) is 6. The normalized spacial score (nSPS) is 12.9. The number of carbonyl (C=O) groups is 2. The first-order valence-corrected chi connectivity index (χ1v) is 10.4. The number of anilines is 2. The van der Waals surface area contributed by atoms with Crippen LogP contribution < -0.4 is 19.7 Å². The van der Waals surface area contributed by atoms with Crippen molar-refractivity contribution in [3.8, 4) is 22.8 Å². The van der Waals surface area contributed by atoms with Crippen LogP contribution in [0.2, 0.25) is 0 Å². The molecule has 3 aromatic rings. The lowest BCUT2D eigenvalue weighted by Crippen LogP contribution is -2.35. The Hall–Kier alpha value is -3.39. The number of likely N-dealkylation sites (N-methyl/N-ethyl adjacent to an activating group) is 1. The third-order valence-electron chi connectivity index (χ3n) is 4.77. The molecule has 0 aliphatic carbocycles. The van der Waals surface area contributed by atoms with Gasteiger partial charge in [0.1, 0.15) is 11.5 Å². The Kier molecular flexibility index (Phi) is 5.67. The summed E-state index contributed by atoms with van der Waals surface area (Å²) in [6, 6.07) is 13.2. The van der Waals surface area contributed by atoms with Gasteiger partial charge in [-0.1, -0.05) is 19.1 Å². The number of carbonyl (C=O) groups excluding carboxylic acids is 2. The van der Waals surface area contributed by atoms with Gasteiger partial charge in [-0.05, 0) is 42.3 Å². The molecule has 7 nitrogen and oxygen atoms in total. The summed E-state index contributed by atoms with van der Waals surface area (Å²) in [4.78, 5) is 30.1. The standard InChI is InChI=1S/C22H21N3O4S/c1-3-14-5-4-6-16(9-14)28-11-20(26)24-22-23-17(13-30-22)15-7-8-19-18(10-15)25(2)21(27)12-29-19/h4-10,13H,3,11-12H2,1-2H3,(H,23,24,26). The molecule has 2 heterocycles. The number of fused-ring (bicyclic) bond motifs is 1. The fourth-order valence-corrected chi connectivity index (χ4v) is 3.79. The van der Waals surface area contributed by atoms with E-state index in [1.54, 1.807) is 11.9 Å². The molecule has 1 N–H and O–H groups in total. The number of nitrogens with zero attached hydrogens (tertiary/aromatic N) is 2. The van der Waals surface area contributed by atoms with Crippen LogP contribution in [0.15, 0.2) is 47.8 Å². The van der Waals surface area contributed by atoms with Gasteiger partial charge in [0.2, 0.25) is 0 Å². The number of aromatic nitrogens is 1. The number of rotatable bonds is 6. The number of benzene rings is 2. The third-order valence-corrected chi connectivity index (χ3v) is 5.53. The summed E-state index contributed by atoms with van der Waals surface area (Å²) in [7, 11) is 1.72. The first-order valence-electron chi connectivity index (χ1n) is 9.54. The van der Waals surface area contributed by atoms with E-state index < -0.39 is 0 Å². The van der Waals surface area contributed by atoms with Gasteiger partial charge >= 0.3 is 0 Å². The van der Waals surface area contributed by atoms with Crippen molar-refractivity contribution < 1.29 is 19.1 Å². The molecule has 0 fully saturated rings. The Balaban J connectivity index is 1.40. The molecule has 0 spiro atoms. The Morgan fingerprint density at radius 2 is 2.17 bits per heavy atom. The molecule has 0 radical (unpaired) electrons. The molecule has 0 atom stereocenters. The maximum Gasteiger partial charge on any atom is 0.264 e. The molecule has 1 aliphatic heterocycles. The fourth-order valence-electron chi connectivity index (χ4n) is 3.05. The number of amides is 2. The van der Waals surface area contributed by atoms with Crippen molar-refractivity contribution in [1.29, 1.82) is 0 Å². The van der Waals surface area contributed by atoms with Crippen molar-refractivity contribution in [3.05, 3.63) is 53.4 Å². The van der Waals surface area contributed by atoms with Crippen LogP contribution in [0.3, 0.4) is 0 Å². The highest BCUT2D eigenvalue weighted by atomic mass is 32.1. The molecule has 0 saturated carbocycles. The summed E-state index contributed by atoms with van der Waals surface area (Å²) >= 11 is 1.33. The minimum Gasteiger partial charge on any atom is -0.484 e. The van der Waals surface area contributed by atoms with E-state index in [-0.39, 0.29) is 25.0 Å². The first-order chi connectivity index (χ1) is 14.5. The topological polar surface area (TPSA) is 80.8 Å². The average molecular weight is 423 g/mol. The van der Waals surface area contributed by atoms with Gasteiger partial charge in [0.25, 0.3) is 11.8 Å². The van der Waals surface area contributed by atoms with Gasteiger partial charge in [0, 0.05) is 18.0 Å². The van der Waals surface area contributed by atoms with Crippen molar-refractivity contribution in [1.82, 2.24) is 4.98 Å². The molecule has 1 aromatic heterocycles. The Labute approximate surface area is 178 Å². The van der Waals surface area contributed by atoms with Crippen molar-refractivity contribution in [2.45, 2.75) is 13.3 Å². The molecule has 4 rings (SSSR count). The molecule has 154 valence electrons. The average Bonchev–Trinajstić information content (AvgIpc) is 3.23. The van der Waals surface area contributed by atoms with E-state index in [9.17, 15) is 9.59 Å². The van der Waals surface area contributed by atoms with E-state index in [1.807, 2.05) is 47.8 Å². The van der Waals surface area contributed by atoms with Crippen LogP contribution in [0.4, 0.5) is 10.8 Å². The lowest BCUT2D eigenvalue weighted by molar-refractivity contribution is -0.121. The smallest absolute Gasteiger partial charge is 0.264 e. The fraction of sp³-hybridized carbons (Fsp3) is 0.227. The molecule has 30 heavy (non-hydrogen) atoms. The zero-order valence-electron chi connectivity index (χ0n) is 16.7. The summed E-state index contributed by atoms with van der Waals surface area (Å²) in [6.07, 6.45) is 0.907. The van der Waals surface area contributed by atoms with Crippen molar-refractivity contribution in [2.75, 3.05) is 30.5 Å². The number of hydrogen-bond donors (Lipinski definition) is 1. The van der Waals surface area contributed by atoms with Gasteiger partial charge in [-0.15, -0.1) is 11.3 Å². The summed E-state index contributed by atoms with van der Waals surface area (Å²) in [5.74, 6) is 0.950. The summed E-state index contributed by atoms with van der Waals surface area (Å²) in [6.45, 7) is 2.02. The zero-order chi connectivity index (χ0) is 21.1. The van der Waals surface area contributed by atoms with Gasteiger partial charge in [-0.2, -0.15) is 0 Å². The highest BCUT2D eigenvalue weighted by Crippen LogP contribution is 2.36. The van der Waals surface area contributed by atoms with Crippen molar-refractivity contribution in [2.24, 2.45) is 0 Å². The molecule has 0 unspecified atom stereocenters. The van der Waals surface area contributed by atoms with E-state index in [0.717, 1.165) is 17.5 Å². The lowest BCUT2D eigenvalue weighted by atomic mass is 10.1. The number of nitrogens with one attached hydrogen (secondary N) is 1. The molecule has 2 aromatic carbocycles. The van der Waals surface area contributed by atoms with Gasteiger partial charge in [-0.25, -0.2) is 4.98 Å². The van der Waals surface area contributed by atoms with Crippen LogP contribution in [-0.4, -0.2) is 37.1 Å². The molecular weight excluding hydrogens is 402 g/mol. The minimum atomic E-state index is -0.276. The SMILES string of the molecule is CCc1cccc(OCC(=O)Nc2nc(-c3ccc4c(c3)N(C)C(=O)CO4)cs2)c1. The van der Waals surface area contributed by atoms with E-state index in [4.69, 9.17) is 9.47 Å². The minimum absolute atomic E-state index is 0.0422. The summed E-state index contributed by atoms with van der Waals surface area (Å²) in [5, 5.41) is 5.10. The summed E-state index contributed by atoms with van der Waals surface area (Å²) < 4.78 is 11.0. The molecular formula is C22H21N3O4S. The van der Waals surface area contributed by atoms with E-state index in [0.29, 0.717) is 28.0 Å². The largest absolute Gasteiger partial charge is 0.484 e. The van der Waals surface area contributed by atoms with Crippen molar-refractivity contribution >= 4 is 34.0 Å². The van der Waals surface area contributed by atoms with Gasteiger partial charge in [0.15, 0.2) is 18.3 Å². The Morgan fingerprint density at radius 3 is 3.00 bits per heavy atom. The van der Waals surface area contributed by atoms with E-state index >= 15 is 0 Å². The third kappa shape index (κ3) is 4.28. The second-order valence-electron chi connectivity index (χ2n) is 6.80. The van der Waals surface area contributed by atoms with Crippen LogP contribution in [0, 0.1) is 0 Å². The second kappa shape index (κ2) is 8.54. The predicted molar refractivity (Wildman–Crippen MR) is 116 cm³/mol. The maximum absolute atomic E-state index is 12.2. The maximum atomic E-state index is 12.2. The molecule has 1 aliphatic rings. The monoisotopic (exact) mass is 423 g/mol. The van der Waals surface area contributed by atoms with Crippen LogP contribution in [0.5, 0.6) is 11.5 Å². The molecule has 8 heteroatoms. The van der Waals surface area contributed by atoms with Crippen molar-refractivity contribution in [3.63, 3.8) is 0 Å². The van der Waals surface area contributed by atoms with E-state index in [1.165, 1.54) is 11.3 Å². The highest BCUT2D eigenvalue weighted by molar-refractivity contribution is 7.14. The van der Waals surface area contributed by atoms with Crippen LogP contribution in [-0.2, 0) is 16.0 Å². The second-order valence-corrected chi connectivity index (χ2v) is 7.66. The number of aryl methyl sites for hydroxylation is 1. The van der Waals surface area contributed by atoms with Crippen LogP contribution in [0.1, 0.15) is 12.5 Å². The van der Waals surface area contributed by atoms with Gasteiger partial charge < -0.3 is 14.4 Å². The highest BCUT2D eigenvalue weighted by Gasteiger charge is 2.23. The molecule has 2 amide bonds. The molecule has 0 bridgehead atoms. The lowest BCUT2D eigenvalue weighted by Gasteiger charge is -2.26. The van der Waals surface area contributed by atoms with Gasteiger partial charge in [-0.3, -0.25) is 14.9 Å². The van der Waals surface area contributed by atoms with Crippen LogP contribution >= 0.6 is 11.3 Å². The first kappa shape index (κ1) is 19.9. The van der Waals surface area contributed by atoms with Crippen LogP contribution in [0.25, 0.3) is 11.3 Å². The Bertz CT molecular complexity index is 1100. The number of thiazole rings is 1. The van der Waals surface area contributed by atoms with E-state index in [2.05, 4.69) is 17.2 Å².